The topological polar surface area (TPSA) is 155 Å². The highest BCUT2D eigenvalue weighted by molar-refractivity contribution is 6.07. The molecule has 1 aromatic carbocycles. The van der Waals surface area contributed by atoms with Gasteiger partial charge >= 0.3 is 0 Å². The van der Waals surface area contributed by atoms with Gasteiger partial charge in [-0.25, -0.2) is 0 Å². The fourth-order valence-corrected chi connectivity index (χ4v) is 3.36. The monoisotopic (exact) mass is 358 g/mol. The summed E-state index contributed by atoms with van der Waals surface area (Å²) in [5, 5.41) is 30.1. The van der Waals surface area contributed by atoms with Gasteiger partial charge in [0.25, 0.3) is 0 Å². The second-order valence-corrected chi connectivity index (χ2v) is 6.55. The number of nitrogens with zero attached hydrogens (tertiary/aromatic N) is 2. The minimum Gasteiger partial charge on any atom is -0.396 e. The van der Waals surface area contributed by atoms with E-state index < -0.39 is 36.0 Å². The lowest BCUT2D eigenvalue weighted by Gasteiger charge is -2.17. The number of benzene rings is 1. The van der Waals surface area contributed by atoms with Crippen LogP contribution in [0.5, 0.6) is 0 Å². The van der Waals surface area contributed by atoms with E-state index in [1.807, 2.05) is 30.3 Å². The zero-order valence-corrected chi connectivity index (χ0v) is 14.1. The van der Waals surface area contributed by atoms with Crippen molar-refractivity contribution in [2.75, 3.05) is 6.61 Å². The predicted octanol–water partition coefficient (Wildman–Crippen LogP) is -0.736. The second-order valence-electron chi connectivity index (χ2n) is 6.55. The number of aliphatic hydroxyl groups is 3. The average molecular weight is 358 g/mol. The first kappa shape index (κ1) is 18.2. The molecule has 7 N–H and O–H groups in total. The molecule has 26 heavy (non-hydrogen) atoms. The fourth-order valence-electron chi connectivity index (χ4n) is 3.36. The molecule has 0 saturated heterocycles. The number of primary amides is 1. The van der Waals surface area contributed by atoms with Crippen LogP contribution >= 0.6 is 0 Å². The van der Waals surface area contributed by atoms with Gasteiger partial charge in [0.15, 0.2) is 0 Å². The van der Waals surface area contributed by atoms with Gasteiger partial charge in [0, 0.05) is 17.9 Å². The Morgan fingerprint density at radius 2 is 1.92 bits per heavy atom. The summed E-state index contributed by atoms with van der Waals surface area (Å²) in [7, 11) is 0. The minimum absolute atomic E-state index is 0.0740. The van der Waals surface area contributed by atoms with Crippen molar-refractivity contribution in [2.45, 2.75) is 30.6 Å². The van der Waals surface area contributed by atoms with E-state index in [2.05, 4.69) is 9.98 Å². The molecular weight excluding hydrogens is 336 g/mol. The van der Waals surface area contributed by atoms with Crippen LogP contribution in [0.3, 0.4) is 0 Å². The Morgan fingerprint density at radius 1 is 1.19 bits per heavy atom. The van der Waals surface area contributed by atoms with Gasteiger partial charge in [0.2, 0.25) is 5.91 Å². The van der Waals surface area contributed by atoms with Gasteiger partial charge in [-0.05, 0) is 18.6 Å². The zero-order chi connectivity index (χ0) is 18.8. The van der Waals surface area contributed by atoms with Gasteiger partial charge in [-0.1, -0.05) is 24.3 Å². The smallest absolute Gasteiger partial charge is 0.234 e. The largest absolute Gasteiger partial charge is 0.396 e. The van der Waals surface area contributed by atoms with Crippen LogP contribution in [-0.4, -0.2) is 56.9 Å². The highest BCUT2D eigenvalue weighted by atomic mass is 16.3. The summed E-state index contributed by atoms with van der Waals surface area (Å²) in [6.07, 6.45) is -1.99. The van der Waals surface area contributed by atoms with Gasteiger partial charge in [-0.15, -0.1) is 0 Å². The molecule has 5 atom stereocenters. The molecule has 1 saturated carbocycles. The number of carbonyl (C=O) groups excluding carboxylic acids is 1. The fraction of sp³-hybridized carbons (Fsp3) is 0.389. The standard InChI is InChI=1S/C18H22N4O4/c19-17(22-13-7-10(8-23)15(24)16(13)25)14(18(20)26)12-6-5-9-3-1-2-4-11(9)21-12/h1-6,10,13-16,23-25H,7-8H2,(H2,19,22)(H2,20,26). The summed E-state index contributed by atoms with van der Waals surface area (Å²) in [5.41, 5.74) is 12.6. The first-order valence-corrected chi connectivity index (χ1v) is 8.37. The molecule has 1 fully saturated rings. The SMILES string of the molecule is NC(=O)C(C(N)=NC1CC(CO)C(O)C1O)c1ccc2ccccc2n1. The predicted molar refractivity (Wildman–Crippen MR) is 96.3 cm³/mol. The van der Waals surface area contributed by atoms with E-state index in [1.165, 1.54) is 0 Å². The van der Waals surface area contributed by atoms with Crippen molar-refractivity contribution in [1.29, 1.82) is 0 Å². The van der Waals surface area contributed by atoms with Gasteiger partial charge in [-0.3, -0.25) is 14.8 Å². The number of hydrogen-bond donors (Lipinski definition) is 5. The first-order chi connectivity index (χ1) is 12.4. The summed E-state index contributed by atoms with van der Waals surface area (Å²) in [6, 6.07) is 10.2. The summed E-state index contributed by atoms with van der Waals surface area (Å²) in [4.78, 5) is 20.6. The molecule has 1 aromatic heterocycles. The lowest BCUT2D eigenvalue weighted by atomic mass is 10.0. The molecule has 0 radical (unpaired) electrons. The van der Waals surface area contributed by atoms with Crippen LogP contribution in [0.15, 0.2) is 41.4 Å². The molecule has 5 unspecified atom stereocenters. The number of aromatic nitrogens is 1. The van der Waals surface area contributed by atoms with E-state index in [0.29, 0.717) is 11.2 Å². The number of aliphatic imine (C=N–C) groups is 1. The number of rotatable bonds is 5. The third-order valence-corrected chi connectivity index (χ3v) is 4.82. The Kier molecular flexibility index (Phi) is 5.17. The van der Waals surface area contributed by atoms with Crippen LogP contribution in [0.2, 0.25) is 0 Å². The molecule has 0 aliphatic heterocycles. The number of carbonyl (C=O) groups is 1. The summed E-state index contributed by atoms with van der Waals surface area (Å²) in [5.74, 6) is -2.31. The van der Waals surface area contributed by atoms with Crippen molar-refractivity contribution in [1.82, 2.24) is 4.98 Å². The highest BCUT2D eigenvalue weighted by Gasteiger charge is 2.41. The Morgan fingerprint density at radius 3 is 2.58 bits per heavy atom. The number of fused-ring (bicyclic) bond motifs is 1. The number of aliphatic hydroxyl groups excluding tert-OH is 3. The first-order valence-electron chi connectivity index (χ1n) is 8.37. The number of nitrogens with two attached hydrogens (primary N) is 2. The van der Waals surface area contributed by atoms with E-state index in [-0.39, 0.29) is 18.9 Å². The maximum atomic E-state index is 12.0. The van der Waals surface area contributed by atoms with E-state index in [9.17, 15) is 20.1 Å². The molecule has 0 spiro atoms. The Bertz CT molecular complexity index is 841. The van der Waals surface area contributed by atoms with E-state index in [1.54, 1.807) is 6.07 Å². The van der Waals surface area contributed by atoms with Crippen molar-refractivity contribution in [2.24, 2.45) is 22.4 Å². The van der Waals surface area contributed by atoms with Crippen LogP contribution in [0, 0.1) is 5.92 Å². The third kappa shape index (κ3) is 3.39. The van der Waals surface area contributed by atoms with E-state index in [0.717, 1.165) is 5.39 Å². The molecule has 2 aromatic rings. The molecule has 1 heterocycles. The summed E-state index contributed by atoms with van der Waals surface area (Å²) in [6.45, 7) is -0.268. The van der Waals surface area contributed by atoms with Crippen LogP contribution in [0.4, 0.5) is 0 Å². The van der Waals surface area contributed by atoms with Gasteiger partial charge in [0.05, 0.1) is 23.4 Å². The molecular formula is C18H22N4O4. The lowest BCUT2D eigenvalue weighted by molar-refractivity contribution is -0.118. The normalized spacial score (nSPS) is 27.6. The van der Waals surface area contributed by atoms with Gasteiger partial charge < -0.3 is 26.8 Å². The van der Waals surface area contributed by atoms with Crippen LogP contribution in [0.25, 0.3) is 10.9 Å². The van der Waals surface area contributed by atoms with Crippen molar-refractivity contribution in [3.05, 3.63) is 42.1 Å². The Hall–Kier alpha value is -2.55. The number of amidine groups is 1. The number of para-hydroxylation sites is 1. The van der Waals surface area contributed by atoms with E-state index >= 15 is 0 Å². The van der Waals surface area contributed by atoms with Crippen LogP contribution in [-0.2, 0) is 4.79 Å². The maximum Gasteiger partial charge on any atom is 0.234 e. The average Bonchev–Trinajstić information content (AvgIpc) is 2.89. The summed E-state index contributed by atoms with van der Waals surface area (Å²) >= 11 is 0. The van der Waals surface area contributed by atoms with Crippen molar-refractivity contribution in [3.63, 3.8) is 0 Å². The quantitative estimate of drug-likeness (QED) is 0.350. The van der Waals surface area contributed by atoms with Crippen molar-refractivity contribution in [3.8, 4) is 0 Å². The Labute approximate surface area is 150 Å². The molecule has 3 rings (SSSR count). The number of amides is 1. The highest BCUT2D eigenvalue weighted by Crippen LogP contribution is 2.29. The van der Waals surface area contributed by atoms with Gasteiger partial charge in [-0.2, -0.15) is 0 Å². The maximum absolute atomic E-state index is 12.0. The number of pyridine rings is 1. The van der Waals surface area contributed by atoms with E-state index in [4.69, 9.17) is 11.5 Å². The lowest BCUT2D eigenvalue weighted by Crippen LogP contribution is -2.37. The second kappa shape index (κ2) is 7.36. The molecule has 1 amide bonds. The van der Waals surface area contributed by atoms with Crippen molar-refractivity contribution < 1.29 is 20.1 Å². The molecule has 0 bridgehead atoms. The van der Waals surface area contributed by atoms with Crippen molar-refractivity contribution >= 4 is 22.6 Å². The van der Waals surface area contributed by atoms with Crippen LogP contribution < -0.4 is 11.5 Å². The molecule has 1 aliphatic rings. The van der Waals surface area contributed by atoms with Gasteiger partial charge in [0.1, 0.15) is 17.9 Å². The molecule has 138 valence electrons. The third-order valence-electron chi connectivity index (χ3n) is 4.82. The molecule has 8 nitrogen and oxygen atoms in total. The summed E-state index contributed by atoms with van der Waals surface area (Å²) < 4.78 is 0. The number of hydrogen-bond acceptors (Lipinski definition) is 6. The Balaban J connectivity index is 1.92. The minimum atomic E-state index is -1.16. The molecule has 1 aliphatic carbocycles. The van der Waals surface area contributed by atoms with Crippen LogP contribution in [0.1, 0.15) is 18.0 Å². The molecule has 8 heteroatoms. The zero-order valence-electron chi connectivity index (χ0n) is 14.1.